The minimum Gasteiger partial charge on any atom is -0.506 e. The number of nitrogens with zero attached hydrogens (tertiary/aromatic N) is 2. The van der Waals surface area contributed by atoms with Gasteiger partial charge in [-0.1, -0.05) is 30.7 Å². The van der Waals surface area contributed by atoms with E-state index < -0.39 is 0 Å². The Balaban J connectivity index is 1.88. The van der Waals surface area contributed by atoms with Crippen LogP contribution in [0.4, 0.5) is 11.4 Å². The molecule has 0 aliphatic carbocycles. The summed E-state index contributed by atoms with van der Waals surface area (Å²) in [7, 11) is 0. The molecule has 0 bridgehead atoms. The van der Waals surface area contributed by atoms with E-state index in [1.165, 1.54) is 6.07 Å². The van der Waals surface area contributed by atoms with Crippen LogP contribution in [0.1, 0.15) is 24.5 Å². The number of azo groups is 1. The first-order valence-corrected chi connectivity index (χ1v) is 9.67. The van der Waals surface area contributed by atoms with Gasteiger partial charge in [-0.25, -0.2) is 4.89 Å². The van der Waals surface area contributed by atoms with Gasteiger partial charge in [0.05, 0.1) is 18.6 Å². The molecule has 0 spiro atoms. The van der Waals surface area contributed by atoms with Crippen molar-refractivity contribution < 1.29 is 19.4 Å². The van der Waals surface area contributed by atoms with Crippen molar-refractivity contribution in [3.05, 3.63) is 53.6 Å². The van der Waals surface area contributed by atoms with Crippen LogP contribution in [0.2, 0.25) is 0 Å². The van der Waals surface area contributed by atoms with Gasteiger partial charge in [0.15, 0.2) is 5.75 Å². The van der Waals surface area contributed by atoms with Crippen LogP contribution in [-0.2, 0) is 9.22 Å². The second kappa shape index (κ2) is 9.05. The Morgan fingerprint density at radius 1 is 1.00 bits per heavy atom. The average molecular weight is 398 g/mol. The summed E-state index contributed by atoms with van der Waals surface area (Å²) >= 11 is 1.03. The predicted octanol–water partition coefficient (Wildman–Crippen LogP) is 6.65. The minimum atomic E-state index is -0.0175. The lowest BCUT2D eigenvalue weighted by Crippen LogP contribution is -1.88. The molecule has 2 N–H and O–H groups in total. The van der Waals surface area contributed by atoms with Crippen molar-refractivity contribution in [2.75, 3.05) is 6.61 Å². The molecule has 0 atom stereocenters. The van der Waals surface area contributed by atoms with Crippen molar-refractivity contribution in [3.63, 3.8) is 0 Å². The largest absolute Gasteiger partial charge is 0.506 e. The summed E-state index contributed by atoms with van der Waals surface area (Å²) in [5.74, 6) is 0.0520. The Morgan fingerprint density at radius 3 is 2.61 bits per heavy atom. The Labute approximate surface area is 168 Å². The third-order valence-electron chi connectivity index (χ3n) is 4.10. The molecule has 0 unspecified atom stereocenters. The molecule has 0 aromatic heterocycles. The molecule has 6 nitrogen and oxygen atoms in total. The summed E-state index contributed by atoms with van der Waals surface area (Å²) in [4.78, 5) is 5.69. The molecular weight excluding hydrogens is 376 g/mol. The normalized spacial score (nSPS) is 11.5. The van der Waals surface area contributed by atoms with Crippen LogP contribution in [0.25, 0.3) is 10.8 Å². The molecule has 0 amide bonds. The first kappa shape index (κ1) is 20.1. The lowest BCUT2D eigenvalue weighted by molar-refractivity contribution is -0.190. The van der Waals surface area contributed by atoms with E-state index in [0.717, 1.165) is 35.0 Å². The summed E-state index contributed by atoms with van der Waals surface area (Å²) in [6.45, 7) is 6.35. The molecular formula is C21H22N2O4S. The van der Waals surface area contributed by atoms with Crippen molar-refractivity contribution in [1.82, 2.24) is 0 Å². The lowest BCUT2D eigenvalue weighted by Gasteiger charge is -2.08. The van der Waals surface area contributed by atoms with Gasteiger partial charge < -0.3 is 10.2 Å². The van der Waals surface area contributed by atoms with Crippen LogP contribution in [0.5, 0.6) is 11.5 Å². The molecule has 0 aliphatic rings. The van der Waals surface area contributed by atoms with E-state index in [2.05, 4.69) is 10.2 Å². The average Bonchev–Trinajstić information content (AvgIpc) is 2.66. The highest BCUT2D eigenvalue weighted by molar-refractivity contribution is 7.94. The summed E-state index contributed by atoms with van der Waals surface area (Å²) in [5, 5.41) is 30.7. The van der Waals surface area contributed by atoms with Crippen LogP contribution in [0.3, 0.4) is 0 Å². The quantitative estimate of drug-likeness (QED) is 0.153. The summed E-state index contributed by atoms with van der Waals surface area (Å²) in [6, 6.07) is 12.6. The third kappa shape index (κ3) is 4.62. The molecule has 0 aliphatic heterocycles. The van der Waals surface area contributed by atoms with Crippen molar-refractivity contribution >= 4 is 34.2 Å². The second-order valence-electron chi connectivity index (χ2n) is 6.44. The van der Waals surface area contributed by atoms with E-state index >= 15 is 0 Å². The minimum absolute atomic E-state index is 0.0175. The van der Waals surface area contributed by atoms with Crippen LogP contribution < -0.4 is 0 Å². The van der Waals surface area contributed by atoms with Gasteiger partial charge in [-0.2, -0.15) is 4.33 Å². The number of fused-ring (bicyclic) bond motifs is 1. The van der Waals surface area contributed by atoms with Crippen molar-refractivity contribution in [1.29, 1.82) is 0 Å². The topological polar surface area (TPSA) is 83.6 Å². The van der Waals surface area contributed by atoms with Crippen molar-refractivity contribution in [2.24, 2.45) is 10.2 Å². The number of hydrogen-bond acceptors (Lipinski definition) is 7. The van der Waals surface area contributed by atoms with Gasteiger partial charge in [-0.05, 0) is 55.5 Å². The first-order valence-electron chi connectivity index (χ1n) is 8.93. The number of hydrogen-bond donors (Lipinski definition) is 2. The number of rotatable bonds is 7. The Hall–Kier alpha value is -2.61. The first-order chi connectivity index (χ1) is 13.5. The molecule has 0 fully saturated rings. The number of aryl methyl sites for hydroxylation is 2. The van der Waals surface area contributed by atoms with Crippen molar-refractivity contribution in [3.8, 4) is 11.5 Å². The molecule has 3 aromatic carbocycles. The molecule has 28 heavy (non-hydrogen) atoms. The monoisotopic (exact) mass is 398 g/mol. The van der Waals surface area contributed by atoms with E-state index in [1.807, 2.05) is 45.0 Å². The fourth-order valence-corrected chi connectivity index (χ4v) is 3.16. The molecule has 0 heterocycles. The lowest BCUT2D eigenvalue weighted by atomic mass is 10.0. The van der Waals surface area contributed by atoms with Gasteiger partial charge in [-0.3, -0.25) is 0 Å². The fourth-order valence-electron chi connectivity index (χ4n) is 2.68. The second-order valence-corrected chi connectivity index (χ2v) is 7.21. The highest BCUT2D eigenvalue weighted by Gasteiger charge is 2.11. The van der Waals surface area contributed by atoms with Gasteiger partial charge >= 0.3 is 0 Å². The van der Waals surface area contributed by atoms with Gasteiger partial charge in [-0.15, -0.1) is 10.2 Å². The van der Waals surface area contributed by atoms with Crippen LogP contribution in [0.15, 0.2) is 57.6 Å². The van der Waals surface area contributed by atoms with Crippen LogP contribution in [0, 0.1) is 13.8 Å². The van der Waals surface area contributed by atoms with Crippen LogP contribution >= 0.6 is 12.0 Å². The number of phenols is 2. The molecule has 0 saturated heterocycles. The smallest absolute Gasteiger partial charge is 0.151 e. The zero-order chi connectivity index (χ0) is 20.1. The van der Waals surface area contributed by atoms with Crippen molar-refractivity contribution in [2.45, 2.75) is 32.1 Å². The van der Waals surface area contributed by atoms with E-state index in [-0.39, 0.29) is 17.2 Å². The van der Waals surface area contributed by atoms with Gasteiger partial charge in [0.1, 0.15) is 17.1 Å². The van der Waals surface area contributed by atoms with Gasteiger partial charge in [0, 0.05) is 10.3 Å². The highest BCUT2D eigenvalue weighted by atomic mass is 32.2. The molecule has 0 saturated carbocycles. The fraction of sp³-hybridized carbons (Fsp3) is 0.238. The summed E-state index contributed by atoms with van der Waals surface area (Å²) < 4.78 is 5.04. The van der Waals surface area contributed by atoms with E-state index in [4.69, 9.17) is 9.22 Å². The maximum atomic E-state index is 10.6. The Bertz CT molecular complexity index is 1020. The van der Waals surface area contributed by atoms with E-state index in [1.54, 1.807) is 12.1 Å². The zero-order valence-electron chi connectivity index (χ0n) is 16.0. The highest BCUT2D eigenvalue weighted by Crippen LogP contribution is 2.40. The summed E-state index contributed by atoms with van der Waals surface area (Å²) in [5.41, 5.74) is 2.55. The molecule has 0 radical (unpaired) electrons. The molecule has 7 heteroatoms. The van der Waals surface area contributed by atoms with Gasteiger partial charge in [0.2, 0.25) is 0 Å². The maximum Gasteiger partial charge on any atom is 0.151 e. The standard InChI is InChI=1S/C21H22N2O4S/c1-4-9-26-27-28-16-6-8-19(24)18(12-16)22-23-20-14(3)11-15-10-13(2)5-7-17(15)21(20)25/h5-8,10-12,24-25H,4,9H2,1-3H3. The third-order valence-corrected chi connectivity index (χ3v) is 4.71. The Kier molecular flexibility index (Phi) is 6.51. The molecule has 3 aromatic rings. The van der Waals surface area contributed by atoms with Crippen LogP contribution in [-0.4, -0.2) is 16.8 Å². The zero-order valence-corrected chi connectivity index (χ0v) is 16.8. The van der Waals surface area contributed by atoms with E-state index in [0.29, 0.717) is 22.6 Å². The number of benzene rings is 3. The summed E-state index contributed by atoms with van der Waals surface area (Å²) in [6.07, 6.45) is 0.851. The SMILES string of the molecule is CCCOOSc1ccc(O)c(N=Nc2c(C)cc3cc(C)ccc3c2O)c1. The number of phenolic OH excluding ortho intramolecular Hbond substituents is 2. The Morgan fingerprint density at radius 2 is 1.82 bits per heavy atom. The van der Waals surface area contributed by atoms with Gasteiger partial charge in [0.25, 0.3) is 0 Å². The molecule has 3 rings (SSSR count). The number of aromatic hydroxyl groups is 2. The predicted molar refractivity (Wildman–Crippen MR) is 111 cm³/mol. The maximum absolute atomic E-state index is 10.6. The molecule has 146 valence electrons. The van der Waals surface area contributed by atoms with E-state index in [9.17, 15) is 10.2 Å².